The lowest BCUT2D eigenvalue weighted by Gasteiger charge is -2.01. The van der Waals surface area contributed by atoms with E-state index < -0.39 is 0 Å². The molecule has 5 heteroatoms. The molecule has 0 aromatic heterocycles. The van der Waals surface area contributed by atoms with Crippen molar-refractivity contribution in [2.45, 2.75) is 47.5 Å². The molecule has 0 unspecified atom stereocenters. The molecular formula is C14H29NO4. The van der Waals surface area contributed by atoms with Crippen LogP contribution in [0.25, 0.3) is 0 Å². The van der Waals surface area contributed by atoms with Gasteiger partial charge in [-0.05, 0) is 19.8 Å². The standard InChI is InChI=1S/C6H12O2.C4H9NO.C4H8O/c1-4-8-6(7)5(2)3;1-3(2)4(5)6;1-2-4-5-3-1/h5H,4H2,1-3H3;3H,1-2H3,(H2,5,6);1-4H2. The summed E-state index contributed by atoms with van der Waals surface area (Å²) in [5.74, 6) is -0.359. The molecule has 0 spiro atoms. The first-order valence-corrected chi connectivity index (χ1v) is 6.86. The van der Waals surface area contributed by atoms with Crippen LogP contribution in [0.5, 0.6) is 0 Å². The van der Waals surface area contributed by atoms with Gasteiger partial charge in [0.2, 0.25) is 5.91 Å². The average Bonchev–Trinajstić information content (AvgIpc) is 2.88. The second-order valence-electron chi connectivity index (χ2n) is 4.78. The quantitative estimate of drug-likeness (QED) is 0.800. The third-order valence-corrected chi connectivity index (χ3v) is 2.15. The molecule has 1 amide bonds. The minimum atomic E-state index is -0.241. The van der Waals surface area contributed by atoms with E-state index in [2.05, 4.69) is 4.74 Å². The summed E-state index contributed by atoms with van der Waals surface area (Å²) in [4.78, 5) is 20.4. The lowest BCUT2D eigenvalue weighted by molar-refractivity contribution is -0.146. The highest BCUT2D eigenvalue weighted by Gasteiger charge is 2.04. The smallest absolute Gasteiger partial charge is 0.308 e. The molecule has 19 heavy (non-hydrogen) atoms. The molecular weight excluding hydrogens is 246 g/mol. The van der Waals surface area contributed by atoms with Crippen molar-refractivity contribution in [1.29, 1.82) is 0 Å². The van der Waals surface area contributed by atoms with Gasteiger partial charge >= 0.3 is 5.97 Å². The number of ether oxygens (including phenoxy) is 2. The fourth-order valence-corrected chi connectivity index (χ4v) is 0.819. The van der Waals surface area contributed by atoms with E-state index in [9.17, 15) is 9.59 Å². The van der Waals surface area contributed by atoms with Gasteiger partial charge in [-0.3, -0.25) is 9.59 Å². The second-order valence-corrected chi connectivity index (χ2v) is 4.78. The Kier molecular flexibility index (Phi) is 14.2. The maximum atomic E-state index is 10.5. The minimum absolute atomic E-state index is 0.00921. The van der Waals surface area contributed by atoms with Crippen molar-refractivity contribution in [1.82, 2.24) is 0 Å². The van der Waals surface area contributed by atoms with E-state index in [1.54, 1.807) is 20.8 Å². The molecule has 5 nitrogen and oxygen atoms in total. The Bertz CT molecular complexity index is 228. The van der Waals surface area contributed by atoms with Crippen LogP contribution in [-0.2, 0) is 19.1 Å². The number of rotatable bonds is 3. The number of hydrogen-bond donors (Lipinski definition) is 1. The maximum Gasteiger partial charge on any atom is 0.308 e. The van der Waals surface area contributed by atoms with Crippen LogP contribution < -0.4 is 5.73 Å². The fourth-order valence-electron chi connectivity index (χ4n) is 0.819. The zero-order valence-electron chi connectivity index (χ0n) is 12.9. The Hall–Kier alpha value is -1.10. The molecule has 0 aromatic rings. The number of amides is 1. The molecule has 1 heterocycles. The van der Waals surface area contributed by atoms with E-state index >= 15 is 0 Å². The number of primary amides is 1. The minimum Gasteiger partial charge on any atom is -0.466 e. The second kappa shape index (κ2) is 13.3. The Morgan fingerprint density at radius 1 is 1.11 bits per heavy atom. The van der Waals surface area contributed by atoms with Crippen molar-refractivity contribution in [2.75, 3.05) is 19.8 Å². The Morgan fingerprint density at radius 2 is 1.53 bits per heavy atom. The lowest BCUT2D eigenvalue weighted by Crippen LogP contribution is -2.17. The fraction of sp³-hybridized carbons (Fsp3) is 0.857. The summed E-state index contributed by atoms with van der Waals surface area (Å²) in [7, 11) is 0. The van der Waals surface area contributed by atoms with Gasteiger partial charge in [-0.1, -0.05) is 27.7 Å². The van der Waals surface area contributed by atoms with Crippen molar-refractivity contribution < 1.29 is 19.1 Å². The first-order chi connectivity index (χ1) is 8.82. The highest BCUT2D eigenvalue weighted by atomic mass is 16.5. The van der Waals surface area contributed by atoms with E-state index in [-0.39, 0.29) is 23.7 Å². The molecule has 1 saturated heterocycles. The molecule has 0 atom stereocenters. The molecule has 0 bridgehead atoms. The highest BCUT2D eigenvalue weighted by molar-refractivity contribution is 5.75. The Labute approximate surface area is 116 Å². The highest BCUT2D eigenvalue weighted by Crippen LogP contribution is 1.98. The number of esters is 1. The van der Waals surface area contributed by atoms with Gasteiger partial charge in [0.05, 0.1) is 12.5 Å². The van der Waals surface area contributed by atoms with Gasteiger partial charge in [0.1, 0.15) is 0 Å². The third kappa shape index (κ3) is 16.9. The predicted octanol–water partition coefficient (Wildman–Crippen LogP) is 2.13. The summed E-state index contributed by atoms with van der Waals surface area (Å²) >= 11 is 0. The van der Waals surface area contributed by atoms with Crippen LogP contribution in [0.1, 0.15) is 47.5 Å². The normalized spacial score (nSPS) is 13.2. The largest absolute Gasteiger partial charge is 0.466 e. The summed E-state index contributed by atoms with van der Waals surface area (Å²) < 4.78 is 9.61. The molecule has 0 aromatic carbocycles. The third-order valence-electron chi connectivity index (χ3n) is 2.15. The van der Waals surface area contributed by atoms with Crippen LogP contribution in [0.4, 0.5) is 0 Å². The van der Waals surface area contributed by atoms with Gasteiger partial charge in [0, 0.05) is 19.1 Å². The van der Waals surface area contributed by atoms with Crippen LogP contribution in [0.2, 0.25) is 0 Å². The van der Waals surface area contributed by atoms with Crippen LogP contribution in [-0.4, -0.2) is 31.7 Å². The predicted molar refractivity (Wildman–Crippen MR) is 75.6 cm³/mol. The summed E-state index contributed by atoms with van der Waals surface area (Å²) in [5, 5.41) is 0. The zero-order chi connectivity index (χ0) is 15.3. The molecule has 1 aliphatic heterocycles. The first kappa shape index (κ1) is 20.2. The average molecular weight is 275 g/mol. The van der Waals surface area contributed by atoms with Gasteiger partial charge in [-0.15, -0.1) is 0 Å². The van der Waals surface area contributed by atoms with E-state index in [0.29, 0.717) is 6.61 Å². The van der Waals surface area contributed by atoms with Gasteiger partial charge in [0.25, 0.3) is 0 Å². The van der Waals surface area contributed by atoms with E-state index in [1.807, 2.05) is 13.8 Å². The number of nitrogens with two attached hydrogens (primary N) is 1. The number of carbonyl (C=O) groups is 2. The van der Waals surface area contributed by atoms with E-state index in [1.165, 1.54) is 12.8 Å². The topological polar surface area (TPSA) is 78.6 Å². The summed E-state index contributed by atoms with van der Waals surface area (Å²) in [6.45, 7) is 11.5. The van der Waals surface area contributed by atoms with Gasteiger partial charge in [0.15, 0.2) is 0 Å². The van der Waals surface area contributed by atoms with Crippen LogP contribution in [0, 0.1) is 11.8 Å². The number of carbonyl (C=O) groups excluding carboxylic acids is 2. The van der Waals surface area contributed by atoms with Crippen molar-refractivity contribution in [3.05, 3.63) is 0 Å². The summed E-state index contributed by atoms with van der Waals surface area (Å²) in [6, 6.07) is 0. The van der Waals surface area contributed by atoms with Crippen molar-refractivity contribution in [3.8, 4) is 0 Å². The SMILES string of the molecule is C1CCOC1.CC(C)C(N)=O.CCOC(=O)C(C)C. The van der Waals surface area contributed by atoms with Crippen LogP contribution in [0.15, 0.2) is 0 Å². The first-order valence-electron chi connectivity index (χ1n) is 6.86. The van der Waals surface area contributed by atoms with Crippen molar-refractivity contribution in [3.63, 3.8) is 0 Å². The molecule has 1 rings (SSSR count). The maximum absolute atomic E-state index is 10.5. The van der Waals surface area contributed by atoms with Crippen LogP contribution >= 0.6 is 0 Å². The molecule has 1 aliphatic rings. The van der Waals surface area contributed by atoms with Gasteiger partial charge in [-0.25, -0.2) is 0 Å². The van der Waals surface area contributed by atoms with Gasteiger partial charge in [-0.2, -0.15) is 0 Å². The zero-order valence-corrected chi connectivity index (χ0v) is 12.9. The molecule has 0 radical (unpaired) electrons. The monoisotopic (exact) mass is 275 g/mol. The molecule has 1 fully saturated rings. The summed E-state index contributed by atoms with van der Waals surface area (Å²) in [5.41, 5.74) is 4.80. The number of hydrogen-bond acceptors (Lipinski definition) is 4. The molecule has 0 saturated carbocycles. The molecule has 2 N–H and O–H groups in total. The molecule has 114 valence electrons. The van der Waals surface area contributed by atoms with Crippen molar-refractivity contribution in [2.24, 2.45) is 17.6 Å². The van der Waals surface area contributed by atoms with Crippen LogP contribution in [0.3, 0.4) is 0 Å². The van der Waals surface area contributed by atoms with Gasteiger partial charge < -0.3 is 15.2 Å². The van der Waals surface area contributed by atoms with E-state index in [4.69, 9.17) is 10.5 Å². The Morgan fingerprint density at radius 3 is 1.63 bits per heavy atom. The molecule has 0 aliphatic carbocycles. The summed E-state index contributed by atoms with van der Waals surface area (Å²) in [6.07, 6.45) is 2.56. The Balaban J connectivity index is 0. The van der Waals surface area contributed by atoms with Crippen molar-refractivity contribution >= 4 is 11.9 Å². The van der Waals surface area contributed by atoms with E-state index in [0.717, 1.165) is 13.2 Å². The lowest BCUT2D eigenvalue weighted by atomic mass is 10.2.